The Hall–Kier alpha value is -1.50. The van der Waals surface area contributed by atoms with Gasteiger partial charge in [0.15, 0.2) is 10.8 Å². The highest BCUT2D eigenvalue weighted by molar-refractivity contribution is 7.99. The number of carboxylic acid groups (broad SMARTS) is 1. The third-order valence-corrected chi connectivity index (χ3v) is 4.30. The van der Waals surface area contributed by atoms with E-state index in [4.69, 9.17) is 5.11 Å². The van der Waals surface area contributed by atoms with E-state index in [9.17, 15) is 4.79 Å². The molecule has 110 valence electrons. The fraction of sp³-hybridized carbons (Fsp3) is 0.615. The molecule has 1 N–H and O–H groups in total. The Bertz CT molecular complexity index is 632. The molecule has 0 radical (unpaired) electrons. The molecule has 0 saturated heterocycles. The van der Waals surface area contributed by atoms with Crippen LogP contribution in [0.2, 0.25) is 0 Å². The van der Waals surface area contributed by atoms with Crippen LogP contribution in [0.3, 0.4) is 0 Å². The highest BCUT2D eigenvalue weighted by Gasteiger charge is 2.21. The average molecular weight is 296 g/mol. The minimum absolute atomic E-state index is 0.0225. The van der Waals surface area contributed by atoms with Gasteiger partial charge in [0.1, 0.15) is 5.52 Å². The van der Waals surface area contributed by atoms with E-state index in [1.807, 2.05) is 18.5 Å². The third kappa shape index (κ3) is 2.54. The highest BCUT2D eigenvalue weighted by Crippen LogP contribution is 2.30. The monoisotopic (exact) mass is 296 g/mol. The first kappa shape index (κ1) is 14.9. The first-order valence-corrected chi connectivity index (χ1v) is 7.78. The van der Waals surface area contributed by atoms with Crippen LogP contribution in [0, 0.1) is 6.92 Å². The van der Waals surface area contributed by atoms with Gasteiger partial charge >= 0.3 is 5.97 Å². The van der Waals surface area contributed by atoms with Crippen LogP contribution >= 0.6 is 11.8 Å². The smallest absolute Gasteiger partial charge is 0.313 e. The predicted molar refractivity (Wildman–Crippen MR) is 79.3 cm³/mol. The number of hydrogen-bond acceptors (Lipinski definition) is 4. The molecule has 2 heterocycles. The van der Waals surface area contributed by atoms with Gasteiger partial charge < -0.3 is 9.67 Å². The zero-order chi connectivity index (χ0) is 14.9. The minimum Gasteiger partial charge on any atom is -0.481 e. The largest absolute Gasteiger partial charge is 0.481 e. The number of aryl methyl sites for hydroxylation is 2. The van der Waals surface area contributed by atoms with Crippen molar-refractivity contribution in [1.82, 2.24) is 19.3 Å². The Morgan fingerprint density at radius 2 is 2.15 bits per heavy atom. The normalized spacial score (nSPS) is 13.0. The Morgan fingerprint density at radius 1 is 1.45 bits per heavy atom. The second-order valence-electron chi connectivity index (χ2n) is 4.78. The molecule has 0 aliphatic heterocycles. The fourth-order valence-corrected chi connectivity index (χ4v) is 3.01. The number of rotatable bonds is 6. The van der Waals surface area contributed by atoms with E-state index in [0.717, 1.165) is 35.0 Å². The van der Waals surface area contributed by atoms with Gasteiger partial charge in [-0.3, -0.25) is 4.79 Å². The maximum Gasteiger partial charge on any atom is 0.313 e. The topological polar surface area (TPSA) is 72.9 Å². The Balaban J connectivity index is 2.58. The van der Waals surface area contributed by atoms with Crippen molar-refractivity contribution >= 4 is 28.9 Å². The van der Waals surface area contributed by atoms with Gasteiger partial charge in [-0.15, -0.1) is 0 Å². The molecule has 1 atom stereocenters. The van der Waals surface area contributed by atoms with Gasteiger partial charge in [-0.05, 0) is 27.2 Å². The fourth-order valence-electron chi connectivity index (χ4n) is 2.20. The van der Waals surface area contributed by atoms with Crippen LogP contribution in [0.4, 0.5) is 0 Å². The van der Waals surface area contributed by atoms with Crippen molar-refractivity contribution in [2.24, 2.45) is 0 Å². The summed E-state index contributed by atoms with van der Waals surface area (Å²) >= 11 is 1.27. The number of carbonyl (C=O) groups is 1. The summed E-state index contributed by atoms with van der Waals surface area (Å²) in [5.74, 6) is -0.805. The van der Waals surface area contributed by atoms with E-state index >= 15 is 0 Å². The van der Waals surface area contributed by atoms with Gasteiger partial charge in [0, 0.05) is 12.6 Å². The number of imidazole rings is 1. The number of aliphatic carboxylic acids is 1. The van der Waals surface area contributed by atoms with Crippen LogP contribution in [0.25, 0.3) is 11.2 Å². The van der Waals surface area contributed by atoms with Gasteiger partial charge in [0.05, 0.1) is 11.4 Å². The summed E-state index contributed by atoms with van der Waals surface area (Å²) in [6.07, 6.45) is 0.958. The molecule has 2 aromatic rings. The molecule has 2 rings (SSSR count). The highest BCUT2D eigenvalue weighted by atomic mass is 32.2. The van der Waals surface area contributed by atoms with Crippen molar-refractivity contribution in [3.8, 4) is 0 Å². The number of thioether (sulfide) groups is 1. The Labute approximate surface area is 122 Å². The molecule has 7 heteroatoms. The molecule has 0 aliphatic carbocycles. The van der Waals surface area contributed by atoms with Crippen molar-refractivity contribution in [3.05, 3.63) is 5.69 Å². The Morgan fingerprint density at radius 3 is 2.70 bits per heavy atom. The van der Waals surface area contributed by atoms with E-state index in [0.29, 0.717) is 0 Å². The van der Waals surface area contributed by atoms with Crippen LogP contribution in [0.1, 0.15) is 38.9 Å². The molecule has 0 aromatic carbocycles. The van der Waals surface area contributed by atoms with Gasteiger partial charge in [-0.2, -0.15) is 5.10 Å². The zero-order valence-electron chi connectivity index (χ0n) is 12.3. The lowest BCUT2D eigenvalue weighted by Gasteiger charge is -2.15. The zero-order valence-corrected chi connectivity index (χ0v) is 13.1. The van der Waals surface area contributed by atoms with Crippen molar-refractivity contribution in [2.75, 3.05) is 5.75 Å². The van der Waals surface area contributed by atoms with Gasteiger partial charge in [0.25, 0.3) is 0 Å². The quantitative estimate of drug-likeness (QED) is 0.830. The molecule has 2 aromatic heterocycles. The number of fused-ring (bicyclic) bond motifs is 1. The van der Waals surface area contributed by atoms with Gasteiger partial charge in [-0.1, -0.05) is 18.7 Å². The molecule has 1 unspecified atom stereocenters. The van der Waals surface area contributed by atoms with Gasteiger partial charge in [0.2, 0.25) is 0 Å². The summed E-state index contributed by atoms with van der Waals surface area (Å²) in [4.78, 5) is 15.4. The van der Waals surface area contributed by atoms with Crippen molar-refractivity contribution in [2.45, 2.75) is 51.9 Å². The maximum atomic E-state index is 10.8. The van der Waals surface area contributed by atoms with Crippen molar-refractivity contribution in [1.29, 1.82) is 0 Å². The lowest BCUT2D eigenvalue weighted by molar-refractivity contribution is -0.133. The van der Waals surface area contributed by atoms with Crippen LogP contribution in [-0.2, 0) is 11.3 Å². The molecule has 0 fully saturated rings. The van der Waals surface area contributed by atoms with E-state index in [1.165, 1.54) is 11.8 Å². The third-order valence-electron chi connectivity index (χ3n) is 3.37. The summed E-state index contributed by atoms with van der Waals surface area (Å²) in [5, 5.41) is 14.1. The lowest BCUT2D eigenvalue weighted by atomic mass is 10.2. The van der Waals surface area contributed by atoms with Gasteiger partial charge in [-0.25, -0.2) is 9.67 Å². The standard InChI is InChI=1S/C13H20N4O2S/c1-5-8(3)17-12-11(9(4)15-16(12)6-2)14-13(17)20-7-10(18)19/h8H,5-7H2,1-4H3,(H,18,19). The summed E-state index contributed by atoms with van der Waals surface area (Å²) in [6, 6.07) is 0.262. The minimum atomic E-state index is -0.827. The molecule has 0 bridgehead atoms. The van der Waals surface area contributed by atoms with Crippen molar-refractivity contribution < 1.29 is 9.90 Å². The van der Waals surface area contributed by atoms with Crippen LogP contribution in [0.15, 0.2) is 5.16 Å². The SMILES string of the molecule is CCC(C)n1c(SCC(=O)O)nc2c(C)nn(CC)c21. The molecular weight excluding hydrogens is 276 g/mol. The first-order chi connectivity index (χ1) is 9.49. The summed E-state index contributed by atoms with van der Waals surface area (Å²) in [7, 11) is 0. The van der Waals surface area contributed by atoms with Crippen LogP contribution in [-0.4, -0.2) is 36.2 Å². The molecule has 20 heavy (non-hydrogen) atoms. The maximum absolute atomic E-state index is 10.8. The molecule has 0 aliphatic rings. The molecule has 0 amide bonds. The summed E-state index contributed by atoms with van der Waals surface area (Å²) in [5.41, 5.74) is 2.76. The second-order valence-corrected chi connectivity index (χ2v) is 5.72. The first-order valence-electron chi connectivity index (χ1n) is 6.79. The Kier molecular flexibility index (Phi) is 4.37. The summed E-state index contributed by atoms with van der Waals surface area (Å²) < 4.78 is 4.06. The lowest BCUT2D eigenvalue weighted by Crippen LogP contribution is -2.11. The molecule has 6 nitrogen and oxygen atoms in total. The molecular formula is C13H20N4O2S. The van der Waals surface area contributed by atoms with E-state index in [2.05, 4.69) is 28.5 Å². The van der Waals surface area contributed by atoms with Crippen LogP contribution in [0.5, 0.6) is 0 Å². The number of aromatic nitrogens is 4. The van der Waals surface area contributed by atoms with Crippen LogP contribution < -0.4 is 0 Å². The van der Waals surface area contributed by atoms with E-state index in [-0.39, 0.29) is 11.8 Å². The molecule has 0 saturated carbocycles. The van der Waals surface area contributed by atoms with E-state index in [1.54, 1.807) is 0 Å². The number of carboxylic acids is 1. The summed E-state index contributed by atoms with van der Waals surface area (Å²) in [6.45, 7) is 8.99. The van der Waals surface area contributed by atoms with Crippen molar-refractivity contribution in [3.63, 3.8) is 0 Å². The predicted octanol–water partition coefficient (Wildman–Crippen LogP) is 2.71. The number of hydrogen-bond donors (Lipinski definition) is 1. The molecule has 0 spiro atoms. The second kappa shape index (κ2) is 5.87. The average Bonchev–Trinajstić information content (AvgIpc) is 2.93. The van der Waals surface area contributed by atoms with E-state index < -0.39 is 5.97 Å². The number of nitrogens with zero attached hydrogens (tertiary/aromatic N) is 4.